The molecule has 1 saturated heterocycles. The maximum Gasteiger partial charge on any atom is 0.164 e. The van der Waals surface area contributed by atoms with Gasteiger partial charge in [-0.2, -0.15) is 0 Å². The predicted molar refractivity (Wildman–Crippen MR) is 88.7 cm³/mol. The summed E-state index contributed by atoms with van der Waals surface area (Å²) in [7, 11) is 0. The number of β-amino-alcohol motifs (C(OH)–C–C–N with tert-alkyl or cyclic N) is 1. The maximum atomic E-state index is 12.9. The SMILES string of the molecule is O=C(CCN1C[C@H](Oc2ccccc2)[C@@H](O)C1)c1ccc(F)cc1. The van der Waals surface area contributed by atoms with Gasteiger partial charge in [-0.3, -0.25) is 9.69 Å². The van der Waals surface area contributed by atoms with E-state index in [2.05, 4.69) is 0 Å². The van der Waals surface area contributed by atoms with Crippen LogP contribution in [0, 0.1) is 5.82 Å². The molecule has 24 heavy (non-hydrogen) atoms. The van der Waals surface area contributed by atoms with E-state index < -0.39 is 6.10 Å². The van der Waals surface area contributed by atoms with E-state index >= 15 is 0 Å². The van der Waals surface area contributed by atoms with Crippen LogP contribution in [0.1, 0.15) is 16.8 Å². The second-order valence-electron chi connectivity index (χ2n) is 5.98. The molecule has 1 N–H and O–H groups in total. The van der Waals surface area contributed by atoms with Gasteiger partial charge in [-0.15, -0.1) is 0 Å². The Morgan fingerprint density at radius 2 is 1.83 bits per heavy atom. The lowest BCUT2D eigenvalue weighted by Crippen LogP contribution is -2.30. The minimum atomic E-state index is -0.578. The smallest absolute Gasteiger partial charge is 0.164 e. The quantitative estimate of drug-likeness (QED) is 0.828. The summed E-state index contributed by atoms with van der Waals surface area (Å²) in [6.45, 7) is 1.60. The first-order chi connectivity index (χ1) is 11.6. The highest BCUT2D eigenvalue weighted by atomic mass is 19.1. The van der Waals surface area contributed by atoms with Crippen molar-refractivity contribution in [2.75, 3.05) is 19.6 Å². The second kappa shape index (κ2) is 7.55. The topological polar surface area (TPSA) is 49.8 Å². The number of ether oxygens (including phenoxy) is 1. The van der Waals surface area contributed by atoms with E-state index in [9.17, 15) is 14.3 Å². The number of halogens is 1. The average molecular weight is 329 g/mol. The third kappa shape index (κ3) is 4.19. The van der Waals surface area contributed by atoms with Crippen molar-refractivity contribution in [3.8, 4) is 5.75 Å². The van der Waals surface area contributed by atoms with Gasteiger partial charge in [0.25, 0.3) is 0 Å². The van der Waals surface area contributed by atoms with Crippen molar-refractivity contribution in [1.29, 1.82) is 0 Å². The first kappa shape index (κ1) is 16.6. The lowest BCUT2D eigenvalue weighted by atomic mass is 10.1. The van der Waals surface area contributed by atoms with Crippen LogP contribution in [0.5, 0.6) is 5.75 Å². The normalized spacial score (nSPS) is 20.9. The molecule has 0 aromatic heterocycles. The van der Waals surface area contributed by atoms with Crippen LogP contribution in [0.2, 0.25) is 0 Å². The summed E-state index contributed by atoms with van der Waals surface area (Å²) in [5.74, 6) is 0.345. The predicted octanol–water partition coefficient (Wildman–Crippen LogP) is 2.52. The fourth-order valence-electron chi connectivity index (χ4n) is 2.84. The Labute approximate surface area is 140 Å². The molecule has 2 aromatic rings. The number of nitrogens with zero attached hydrogens (tertiary/aromatic N) is 1. The Morgan fingerprint density at radius 1 is 1.12 bits per heavy atom. The highest BCUT2D eigenvalue weighted by Gasteiger charge is 2.33. The van der Waals surface area contributed by atoms with Gasteiger partial charge in [0.1, 0.15) is 23.8 Å². The van der Waals surface area contributed by atoms with Gasteiger partial charge in [0.15, 0.2) is 5.78 Å². The van der Waals surface area contributed by atoms with E-state index in [1.165, 1.54) is 24.3 Å². The highest BCUT2D eigenvalue weighted by molar-refractivity contribution is 5.96. The number of para-hydroxylation sites is 1. The summed E-state index contributed by atoms with van der Waals surface area (Å²) < 4.78 is 18.7. The number of rotatable bonds is 6. The van der Waals surface area contributed by atoms with Crippen LogP contribution >= 0.6 is 0 Å². The van der Waals surface area contributed by atoms with E-state index in [-0.39, 0.29) is 17.7 Å². The summed E-state index contributed by atoms with van der Waals surface area (Å²) in [5.41, 5.74) is 0.508. The van der Waals surface area contributed by atoms with Gasteiger partial charge in [-0.25, -0.2) is 4.39 Å². The standard InChI is InChI=1S/C19H20FNO3/c20-15-8-6-14(7-9-15)17(22)10-11-21-12-18(23)19(13-21)24-16-4-2-1-3-5-16/h1-9,18-19,23H,10-13H2/t18-,19-/m0/s1. The Bertz CT molecular complexity index is 675. The summed E-state index contributed by atoms with van der Waals surface area (Å²) >= 11 is 0. The Morgan fingerprint density at radius 3 is 2.54 bits per heavy atom. The Kier molecular flexibility index (Phi) is 5.23. The highest BCUT2D eigenvalue weighted by Crippen LogP contribution is 2.19. The fourth-order valence-corrected chi connectivity index (χ4v) is 2.84. The zero-order chi connectivity index (χ0) is 16.9. The molecule has 0 radical (unpaired) electrons. The molecule has 5 heteroatoms. The molecular weight excluding hydrogens is 309 g/mol. The van der Waals surface area contributed by atoms with E-state index in [0.29, 0.717) is 31.6 Å². The third-order valence-electron chi connectivity index (χ3n) is 4.16. The van der Waals surface area contributed by atoms with Gasteiger partial charge in [0.05, 0.1) is 0 Å². The molecular formula is C19H20FNO3. The third-order valence-corrected chi connectivity index (χ3v) is 4.16. The summed E-state index contributed by atoms with van der Waals surface area (Å²) in [4.78, 5) is 14.1. The minimum Gasteiger partial charge on any atom is -0.486 e. The van der Waals surface area contributed by atoms with Gasteiger partial charge < -0.3 is 9.84 Å². The first-order valence-electron chi connectivity index (χ1n) is 8.03. The summed E-state index contributed by atoms with van der Waals surface area (Å²) in [6, 6.07) is 15.0. The van der Waals surface area contributed by atoms with Crippen molar-refractivity contribution in [1.82, 2.24) is 4.90 Å². The molecule has 1 fully saturated rings. The molecule has 0 amide bonds. The Hall–Kier alpha value is -2.24. The molecule has 4 nitrogen and oxygen atoms in total. The molecule has 1 aliphatic rings. The Balaban J connectivity index is 1.50. The molecule has 1 aliphatic heterocycles. The number of aliphatic hydroxyl groups excluding tert-OH is 1. The number of hydrogen-bond donors (Lipinski definition) is 1. The van der Waals surface area contributed by atoms with Crippen LogP contribution in [0.15, 0.2) is 54.6 Å². The molecule has 0 aliphatic carbocycles. The molecule has 2 aromatic carbocycles. The summed E-state index contributed by atoms with van der Waals surface area (Å²) in [6.07, 6.45) is -0.546. The molecule has 0 saturated carbocycles. The number of ketones is 1. The van der Waals surface area contributed by atoms with Crippen LogP contribution < -0.4 is 4.74 Å². The first-order valence-corrected chi connectivity index (χ1v) is 8.03. The zero-order valence-electron chi connectivity index (χ0n) is 13.3. The van der Waals surface area contributed by atoms with Crippen molar-refractivity contribution < 1.29 is 19.0 Å². The summed E-state index contributed by atoms with van der Waals surface area (Å²) in [5, 5.41) is 10.1. The van der Waals surface area contributed by atoms with E-state index in [1.807, 2.05) is 35.2 Å². The van der Waals surface area contributed by atoms with Crippen LogP contribution in [0.3, 0.4) is 0 Å². The molecule has 0 spiro atoms. The van der Waals surface area contributed by atoms with Crippen LogP contribution in [0.25, 0.3) is 0 Å². The number of hydrogen-bond acceptors (Lipinski definition) is 4. The van der Waals surface area contributed by atoms with Crippen molar-refractivity contribution in [3.63, 3.8) is 0 Å². The lowest BCUT2D eigenvalue weighted by molar-refractivity contribution is 0.0736. The fraction of sp³-hybridized carbons (Fsp3) is 0.316. The van der Waals surface area contributed by atoms with Crippen LogP contribution in [-0.4, -0.2) is 47.6 Å². The number of benzene rings is 2. The zero-order valence-corrected chi connectivity index (χ0v) is 13.3. The molecule has 126 valence electrons. The van der Waals surface area contributed by atoms with Gasteiger partial charge in [0.2, 0.25) is 0 Å². The van der Waals surface area contributed by atoms with E-state index in [0.717, 1.165) is 5.75 Å². The van der Waals surface area contributed by atoms with E-state index in [1.54, 1.807) is 0 Å². The number of carbonyl (C=O) groups is 1. The molecule has 1 heterocycles. The number of carbonyl (C=O) groups excluding carboxylic acids is 1. The van der Waals surface area contributed by atoms with Crippen LogP contribution in [0.4, 0.5) is 4.39 Å². The molecule has 3 rings (SSSR count). The number of likely N-dealkylation sites (tertiary alicyclic amines) is 1. The molecule has 0 unspecified atom stereocenters. The van der Waals surface area contributed by atoms with Gasteiger partial charge in [-0.05, 0) is 36.4 Å². The number of aliphatic hydroxyl groups is 1. The monoisotopic (exact) mass is 329 g/mol. The van der Waals surface area contributed by atoms with Crippen molar-refractivity contribution in [2.45, 2.75) is 18.6 Å². The maximum absolute atomic E-state index is 12.9. The largest absolute Gasteiger partial charge is 0.486 e. The number of Topliss-reactive ketones (excluding diaryl/α,β-unsaturated/α-hetero) is 1. The lowest BCUT2D eigenvalue weighted by Gasteiger charge is -2.17. The molecule has 2 atom stereocenters. The van der Waals surface area contributed by atoms with Crippen molar-refractivity contribution in [2.24, 2.45) is 0 Å². The van der Waals surface area contributed by atoms with Crippen molar-refractivity contribution in [3.05, 3.63) is 66.0 Å². The van der Waals surface area contributed by atoms with Gasteiger partial charge in [-0.1, -0.05) is 18.2 Å². The van der Waals surface area contributed by atoms with Crippen molar-refractivity contribution >= 4 is 5.78 Å². The van der Waals surface area contributed by atoms with E-state index in [4.69, 9.17) is 4.74 Å². The van der Waals surface area contributed by atoms with Gasteiger partial charge in [0, 0.05) is 31.6 Å². The second-order valence-corrected chi connectivity index (χ2v) is 5.98. The van der Waals surface area contributed by atoms with Gasteiger partial charge >= 0.3 is 0 Å². The average Bonchev–Trinajstić information content (AvgIpc) is 2.94. The molecule has 0 bridgehead atoms. The minimum absolute atomic E-state index is 0.0306. The van der Waals surface area contributed by atoms with Crippen LogP contribution in [-0.2, 0) is 0 Å².